The fraction of sp³-hybridized carbons (Fsp3) is 0.800. The summed E-state index contributed by atoms with van der Waals surface area (Å²) >= 11 is 0. The lowest BCUT2D eigenvalue weighted by molar-refractivity contribution is -0.107. The zero-order valence-corrected chi connectivity index (χ0v) is 5.38. The van der Waals surface area contributed by atoms with Gasteiger partial charge in [0.15, 0.2) is 0 Å². The number of azo groups is 1. The van der Waals surface area contributed by atoms with Gasteiger partial charge in [-0.15, -0.1) is 5.11 Å². The Morgan fingerprint density at radius 2 is 1.88 bits per heavy atom. The normalized spacial score (nSPS) is 12.4. The molecule has 0 fully saturated rings. The number of rotatable bonds is 1. The van der Waals surface area contributed by atoms with Gasteiger partial charge >= 0.3 is 0 Å². The fourth-order valence-electron chi connectivity index (χ4n) is 0.197. The van der Waals surface area contributed by atoms with Crippen molar-refractivity contribution in [1.82, 2.24) is 0 Å². The van der Waals surface area contributed by atoms with E-state index in [9.17, 15) is 4.79 Å². The predicted molar refractivity (Wildman–Crippen MR) is 30.7 cm³/mol. The summed E-state index contributed by atoms with van der Waals surface area (Å²) < 4.78 is 0. The Hall–Kier alpha value is -0.730. The molecule has 46 valence electrons. The van der Waals surface area contributed by atoms with Crippen molar-refractivity contribution in [2.45, 2.75) is 26.3 Å². The van der Waals surface area contributed by atoms with Crippen molar-refractivity contribution in [2.75, 3.05) is 0 Å². The van der Waals surface area contributed by atoms with Crippen LogP contribution < -0.4 is 0 Å². The van der Waals surface area contributed by atoms with Crippen LogP contribution in [0, 0.1) is 0 Å². The Kier molecular flexibility index (Phi) is 2.31. The third-order valence-electron chi connectivity index (χ3n) is 0.405. The van der Waals surface area contributed by atoms with E-state index < -0.39 is 0 Å². The molecule has 0 rings (SSSR count). The van der Waals surface area contributed by atoms with Crippen molar-refractivity contribution >= 4 is 6.41 Å². The molecule has 8 heavy (non-hydrogen) atoms. The van der Waals surface area contributed by atoms with E-state index in [1.54, 1.807) is 0 Å². The minimum Gasteiger partial charge on any atom is -0.275 e. The van der Waals surface area contributed by atoms with Crippen LogP contribution in [-0.4, -0.2) is 11.9 Å². The van der Waals surface area contributed by atoms with Crippen molar-refractivity contribution in [3.8, 4) is 0 Å². The average molecular weight is 114 g/mol. The fourth-order valence-corrected chi connectivity index (χ4v) is 0.197. The van der Waals surface area contributed by atoms with Crippen LogP contribution in [0.4, 0.5) is 0 Å². The maximum absolute atomic E-state index is 9.59. The lowest BCUT2D eigenvalue weighted by atomic mass is 10.1. The summed E-state index contributed by atoms with van der Waals surface area (Å²) in [7, 11) is 0. The molecule has 0 atom stereocenters. The molecule has 0 saturated heterocycles. The van der Waals surface area contributed by atoms with Crippen molar-refractivity contribution in [1.29, 1.82) is 0 Å². The Morgan fingerprint density at radius 3 is 2.00 bits per heavy atom. The average Bonchev–Trinajstić information content (AvgIpc) is 1.59. The van der Waals surface area contributed by atoms with Gasteiger partial charge in [0.2, 0.25) is 0 Å². The van der Waals surface area contributed by atoms with Crippen molar-refractivity contribution in [3.63, 3.8) is 0 Å². The van der Waals surface area contributed by atoms with Gasteiger partial charge in [-0.25, -0.2) is 0 Å². The summed E-state index contributed by atoms with van der Waals surface area (Å²) in [6.45, 7) is 5.62. The van der Waals surface area contributed by atoms with Crippen molar-refractivity contribution in [3.05, 3.63) is 0 Å². The number of nitrogens with zero attached hydrogens (tertiary/aromatic N) is 2. The first-order valence-electron chi connectivity index (χ1n) is 2.42. The summed E-state index contributed by atoms with van der Waals surface area (Å²) in [6, 6.07) is 0. The third-order valence-corrected chi connectivity index (χ3v) is 0.405. The van der Waals surface area contributed by atoms with E-state index in [4.69, 9.17) is 0 Å². The van der Waals surface area contributed by atoms with Crippen LogP contribution in [0.15, 0.2) is 10.2 Å². The first-order valence-corrected chi connectivity index (χ1v) is 2.42. The molecular formula is C5H10N2O. The molecule has 1 amide bonds. The summed E-state index contributed by atoms with van der Waals surface area (Å²) in [6.07, 6.45) is 0.436. The van der Waals surface area contributed by atoms with Gasteiger partial charge in [-0.3, -0.25) is 4.79 Å². The molecule has 0 aromatic heterocycles. The van der Waals surface area contributed by atoms with E-state index in [1.807, 2.05) is 20.8 Å². The third kappa shape index (κ3) is 5.27. The van der Waals surface area contributed by atoms with Crippen LogP contribution in [-0.2, 0) is 4.79 Å². The van der Waals surface area contributed by atoms with Crippen LogP contribution >= 0.6 is 0 Å². The smallest absolute Gasteiger partial charge is 0.252 e. The lowest BCUT2D eigenvalue weighted by Gasteiger charge is -2.06. The van der Waals surface area contributed by atoms with E-state index in [0.717, 1.165) is 0 Å². The first-order chi connectivity index (χ1) is 3.56. The standard InChI is InChI=1S/C5H10N2O/c1-5(2,3)7-6-4-8/h4H,1-3H3. The molecule has 0 aliphatic rings. The highest BCUT2D eigenvalue weighted by Crippen LogP contribution is 2.05. The highest BCUT2D eigenvalue weighted by molar-refractivity contribution is 5.45. The summed E-state index contributed by atoms with van der Waals surface area (Å²) in [5.74, 6) is 0. The molecule has 3 nitrogen and oxygen atoms in total. The van der Waals surface area contributed by atoms with Gasteiger partial charge in [-0.05, 0) is 20.8 Å². The monoisotopic (exact) mass is 114 g/mol. The molecular weight excluding hydrogens is 104 g/mol. The van der Waals surface area contributed by atoms with Crippen LogP contribution in [0.1, 0.15) is 20.8 Å². The second-order valence-corrected chi connectivity index (χ2v) is 2.49. The highest BCUT2D eigenvalue weighted by atomic mass is 16.1. The van der Waals surface area contributed by atoms with Gasteiger partial charge in [0.05, 0.1) is 5.54 Å². The molecule has 0 aliphatic heterocycles. The van der Waals surface area contributed by atoms with Crippen molar-refractivity contribution < 1.29 is 4.79 Å². The molecule has 0 spiro atoms. The number of carbonyl (C=O) groups excluding carboxylic acids is 1. The van der Waals surface area contributed by atoms with E-state index in [-0.39, 0.29) is 5.54 Å². The number of amides is 1. The maximum Gasteiger partial charge on any atom is 0.252 e. The van der Waals surface area contributed by atoms with Gasteiger partial charge in [0.25, 0.3) is 6.41 Å². The van der Waals surface area contributed by atoms with Gasteiger partial charge in [-0.2, -0.15) is 5.11 Å². The molecule has 0 bridgehead atoms. The van der Waals surface area contributed by atoms with E-state index in [0.29, 0.717) is 6.41 Å². The molecule has 0 unspecified atom stereocenters. The van der Waals surface area contributed by atoms with Gasteiger partial charge in [-0.1, -0.05) is 0 Å². The molecule has 0 aromatic carbocycles. The van der Waals surface area contributed by atoms with Crippen LogP contribution in [0.25, 0.3) is 0 Å². The summed E-state index contributed by atoms with van der Waals surface area (Å²) in [5.41, 5.74) is -0.221. The van der Waals surface area contributed by atoms with E-state index >= 15 is 0 Å². The van der Waals surface area contributed by atoms with Crippen LogP contribution in [0.3, 0.4) is 0 Å². The lowest BCUT2D eigenvalue weighted by Crippen LogP contribution is -2.07. The molecule has 0 saturated carbocycles. The number of hydrogen-bond donors (Lipinski definition) is 0. The number of hydrogen-bond acceptors (Lipinski definition) is 2. The Labute approximate surface area is 48.8 Å². The maximum atomic E-state index is 9.59. The second kappa shape index (κ2) is 2.55. The molecule has 0 aliphatic carbocycles. The molecule has 3 heteroatoms. The Morgan fingerprint density at radius 1 is 1.38 bits per heavy atom. The first kappa shape index (κ1) is 7.27. The topological polar surface area (TPSA) is 41.8 Å². The molecule has 0 heterocycles. The highest BCUT2D eigenvalue weighted by Gasteiger charge is 2.05. The van der Waals surface area contributed by atoms with E-state index in [2.05, 4.69) is 10.2 Å². The van der Waals surface area contributed by atoms with Gasteiger partial charge in [0, 0.05) is 0 Å². The van der Waals surface area contributed by atoms with Gasteiger partial charge in [0.1, 0.15) is 0 Å². The zero-order valence-electron chi connectivity index (χ0n) is 5.38. The second-order valence-electron chi connectivity index (χ2n) is 2.49. The largest absolute Gasteiger partial charge is 0.275 e. The summed E-state index contributed by atoms with van der Waals surface area (Å²) in [5, 5.41) is 6.82. The van der Waals surface area contributed by atoms with Crippen LogP contribution in [0.2, 0.25) is 0 Å². The Balaban J connectivity index is 3.69. The zero-order chi connectivity index (χ0) is 6.62. The van der Waals surface area contributed by atoms with Crippen molar-refractivity contribution in [2.24, 2.45) is 10.2 Å². The quantitative estimate of drug-likeness (QED) is 0.375. The van der Waals surface area contributed by atoms with Crippen LogP contribution in [0.5, 0.6) is 0 Å². The SMILES string of the molecule is CC(C)(C)N=NC=O. The Bertz CT molecular complexity index is 101. The molecule has 0 aromatic rings. The molecule has 0 N–H and O–H groups in total. The predicted octanol–water partition coefficient (Wildman–Crippen LogP) is 1.39. The minimum atomic E-state index is -0.221. The van der Waals surface area contributed by atoms with Gasteiger partial charge < -0.3 is 0 Å². The minimum absolute atomic E-state index is 0.221. The van der Waals surface area contributed by atoms with E-state index in [1.165, 1.54) is 0 Å². The molecule has 0 radical (unpaired) electrons. The summed E-state index contributed by atoms with van der Waals surface area (Å²) in [4.78, 5) is 9.59. The number of carbonyl (C=O) groups is 1.